The monoisotopic (exact) mass is 357 g/mol. The van der Waals surface area contributed by atoms with Crippen LogP contribution in [-0.4, -0.2) is 34.0 Å². The third kappa shape index (κ3) is 3.59. The zero-order chi connectivity index (χ0) is 18.6. The Morgan fingerprint density at radius 3 is 1.96 bits per heavy atom. The fourth-order valence-corrected chi connectivity index (χ4v) is 3.89. The van der Waals surface area contributed by atoms with Crippen LogP contribution in [0, 0.1) is 0 Å². The van der Waals surface area contributed by atoms with E-state index in [4.69, 9.17) is 0 Å². The van der Waals surface area contributed by atoms with Gasteiger partial charge >= 0.3 is 0 Å². The van der Waals surface area contributed by atoms with Gasteiger partial charge < -0.3 is 5.11 Å². The third-order valence-electron chi connectivity index (χ3n) is 5.36. The number of nitrogens with zero attached hydrogens (tertiary/aromatic N) is 2. The minimum atomic E-state index is 0.128. The molecule has 0 unspecified atom stereocenters. The SMILES string of the molecule is C[C@H](c1ccccc1O)N1C=[N+](C(c2ccccc2)c2ccccc2)CC1. The van der Waals surface area contributed by atoms with Gasteiger partial charge in [-0.15, -0.1) is 0 Å². The van der Waals surface area contributed by atoms with E-state index in [1.165, 1.54) is 11.1 Å². The Bertz CT molecular complexity index is 882. The molecule has 3 aromatic rings. The number of hydrogen-bond donors (Lipinski definition) is 1. The normalized spacial score (nSPS) is 15.0. The van der Waals surface area contributed by atoms with E-state index in [0.29, 0.717) is 5.75 Å². The molecule has 0 saturated carbocycles. The molecule has 0 aliphatic carbocycles. The number of aromatic hydroxyl groups is 1. The van der Waals surface area contributed by atoms with E-state index < -0.39 is 0 Å². The summed E-state index contributed by atoms with van der Waals surface area (Å²) in [6.45, 7) is 4.03. The molecule has 0 fully saturated rings. The molecule has 3 aromatic carbocycles. The molecule has 0 aromatic heterocycles. The first kappa shape index (κ1) is 17.3. The molecule has 3 heteroatoms. The van der Waals surface area contributed by atoms with Crippen LogP contribution in [0.3, 0.4) is 0 Å². The van der Waals surface area contributed by atoms with Gasteiger partial charge in [-0.1, -0.05) is 78.9 Å². The van der Waals surface area contributed by atoms with Gasteiger partial charge in [-0.05, 0) is 13.0 Å². The Balaban J connectivity index is 1.68. The zero-order valence-electron chi connectivity index (χ0n) is 15.6. The predicted molar refractivity (Wildman–Crippen MR) is 109 cm³/mol. The van der Waals surface area contributed by atoms with Crippen LogP contribution in [0.5, 0.6) is 5.75 Å². The number of para-hydroxylation sites is 1. The lowest BCUT2D eigenvalue weighted by Gasteiger charge is -2.18. The maximum absolute atomic E-state index is 10.2. The maximum atomic E-state index is 10.2. The molecule has 27 heavy (non-hydrogen) atoms. The standard InChI is InChI=1S/C24H24N2O/c1-19(22-14-8-9-15-23(22)27)25-16-17-26(18-25)24(20-10-4-2-5-11-20)21-12-6-3-7-13-21/h2-15,18-19,24H,16-17H2,1H3/p+1/t19-/m1/s1. The lowest BCUT2D eigenvalue weighted by atomic mass is 9.98. The van der Waals surface area contributed by atoms with Crippen molar-refractivity contribution in [3.05, 3.63) is 102 Å². The quantitative estimate of drug-likeness (QED) is 0.676. The minimum absolute atomic E-state index is 0.128. The summed E-state index contributed by atoms with van der Waals surface area (Å²) in [6.07, 6.45) is 2.22. The molecule has 0 bridgehead atoms. The van der Waals surface area contributed by atoms with Gasteiger partial charge in [0.15, 0.2) is 0 Å². The van der Waals surface area contributed by atoms with Crippen LogP contribution >= 0.6 is 0 Å². The van der Waals surface area contributed by atoms with Crippen LogP contribution in [0.4, 0.5) is 0 Å². The zero-order valence-corrected chi connectivity index (χ0v) is 15.6. The van der Waals surface area contributed by atoms with Crippen molar-refractivity contribution in [2.75, 3.05) is 13.1 Å². The van der Waals surface area contributed by atoms with Gasteiger partial charge in [-0.2, -0.15) is 0 Å². The second kappa shape index (κ2) is 7.67. The maximum Gasteiger partial charge on any atom is 0.235 e. The van der Waals surface area contributed by atoms with Crippen LogP contribution in [0.15, 0.2) is 84.9 Å². The minimum Gasteiger partial charge on any atom is -0.508 e. The summed E-state index contributed by atoms with van der Waals surface area (Å²) in [5.41, 5.74) is 3.54. The number of phenols is 1. The molecule has 1 heterocycles. The van der Waals surface area contributed by atoms with Gasteiger partial charge in [0.25, 0.3) is 0 Å². The highest BCUT2D eigenvalue weighted by atomic mass is 16.3. The number of rotatable bonds is 5. The fraction of sp³-hybridized carbons (Fsp3) is 0.208. The summed E-state index contributed by atoms with van der Waals surface area (Å²) in [7, 11) is 0. The van der Waals surface area contributed by atoms with Crippen LogP contribution in [0.25, 0.3) is 0 Å². The summed E-state index contributed by atoms with van der Waals surface area (Å²) >= 11 is 0. The summed E-state index contributed by atoms with van der Waals surface area (Å²) in [5, 5.41) is 10.2. The van der Waals surface area contributed by atoms with Gasteiger partial charge in [-0.3, -0.25) is 9.48 Å². The fourth-order valence-electron chi connectivity index (χ4n) is 3.89. The highest BCUT2D eigenvalue weighted by Gasteiger charge is 2.32. The predicted octanol–water partition coefficient (Wildman–Crippen LogP) is 4.60. The Kier molecular flexibility index (Phi) is 4.93. The summed E-state index contributed by atoms with van der Waals surface area (Å²) < 4.78 is 2.40. The second-order valence-electron chi connectivity index (χ2n) is 7.05. The van der Waals surface area contributed by atoms with E-state index in [2.05, 4.69) is 83.4 Å². The van der Waals surface area contributed by atoms with E-state index >= 15 is 0 Å². The average Bonchev–Trinajstić information content (AvgIpc) is 3.19. The summed E-state index contributed by atoms with van der Waals surface area (Å²) in [5.74, 6) is 0.361. The van der Waals surface area contributed by atoms with Gasteiger partial charge in [0.2, 0.25) is 6.34 Å². The molecule has 1 aliphatic heterocycles. The Hall–Kier alpha value is -3.07. The van der Waals surface area contributed by atoms with E-state index in [0.717, 1.165) is 18.7 Å². The molecule has 0 spiro atoms. The van der Waals surface area contributed by atoms with Crippen LogP contribution < -0.4 is 0 Å². The number of benzene rings is 3. The van der Waals surface area contributed by atoms with Gasteiger partial charge in [0.1, 0.15) is 30.9 Å². The van der Waals surface area contributed by atoms with Gasteiger partial charge in [0, 0.05) is 16.7 Å². The van der Waals surface area contributed by atoms with Crippen molar-refractivity contribution in [1.29, 1.82) is 0 Å². The van der Waals surface area contributed by atoms with E-state index in [-0.39, 0.29) is 12.1 Å². The first-order valence-corrected chi connectivity index (χ1v) is 9.48. The van der Waals surface area contributed by atoms with Gasteiger partial charge in [-0.25, -0.2) is 0 Å². The molecule has 1 aliphatic rings. The second-order valence-corrected chi connectivity index (χ2v) is 7.05. The molecule has 0 saturated heterocycles. The molecular weight excluding hydrogens is 332 g/mol. The van der Waals surface area contributed by atoms with Crippen molar-refractivity contribution >= 4 is 6.34 Å². The Morgan fingerprint density at radius 1 is 0.815 bits per heavy atom. The van der Waals surface area contributed by atoms with Crippen molar-refractivity contribution in [3.8, 4) is 5.75 Å². The first-order chi connectivity index (χ1) is 13.2. The van der Waals surface area contributed by atoms with Crippen molar-refractivity contribution in [3.63, 3.8) is 0 Å². The van der Waals surface area contributed by atoms with E-state index in [1.54, 1.807) is 6.07 Å². The third-order valence-corrected chi connectivity index (χ3v) is 5.36. The molecule has 4 rings (SSSR count). The Morgan fingerprint density at radius 2 is 1.37 bits per heavy atom. The van der Waals surface area contributed by atoms with Crippen molar-refractivity contribution in [2.45, 2.75) is 19.0 Å². The van der Waals surface area contributed by atoms with Crippen molar-refractivity contribution in [2.24, 2.45) is 0 Å². The molecule has 0 radical (unpaired) electrons. The lowest BCUT2D eigenvalue weighted by molar-refractivity contribution is -0.549. The van der Waals surface area contributed by atoms with Crippen molar-refractivity contribution < 1.29 is 9.68 Å². The molecular formula is C24H25N2O+. The highest BCUT2D eigenvalue weighted by Crippen LogP contribution is 2.31. The molecule has 0 amide bonds. The molecule has 136 valence electrons. The average molecular weight is 357 g/mol. The van der Waals surface area contributed by atoms with Gasteiger partial charge in [0.05, 0.1) is 0 Å². The summed E-state index contributed by atoms with van der Waals surface area (Å²) in [4.78, 5) is 2.31. The molecule has 3 nitrogen and oxygen atoms in total. The van der Waals surface area contributed by atoms with Crippen LogP contribution in [0.1, 0.15) is 35.7 Å². The largest absolute Gasteiger partial charge is 0.508 e. The summed E-state index contributed by atoms with van der Waals surface area (Å²) in [6, 6.07) is 29.2. The number of hydrogen-bond acceptors (Lipinski definition) is 2. The van der Waals surface area contributed by atoms with Crippen molar-refractivity contribution in [1.82, 2.24) is 4.90 Å². The molecule has 1 atom stereocenters. The Labute approximate surface area is 160 Å². The smallest absolute Gasteiger partial charge is 0.235 e. The van der Waals surface area contributed by atoms with E-state index in [9.17, 15) is 5.11 Å². The van der Waals surface area contributed by atoms with E-state index in [1.807, 2.05) is 18.2 Å². The number of phenolic OH excluding ortho intramolecular Hbond substituents is 1. The molecule has 1 N–H and O–H groups in total. The lowest BCUT2D eigenvalue weighted by Crippen LogP contribution is -2.23. The first-order valence-electron chi connectivity index (χ1n) is 9.48. The van der Waals surface area contributed by atoms with Crippen LogP contribution in [0.2, 0.25) is 0 Å². The van der Waals surface area contributed by atoms with Crippen LogP contribution in [-0.2, 0) is 0 Å². The highest BCUT2D eigenvalue weighted by molar-refractivity contribution is 5.53. The topological polar surface area (TPSA) is 26.5 Å².